The smallest absolute Gasteiger partial charge is 0.254 e. The fourth-order valence-corrected chi connectivity index (χ4v) is 3.37. The van der Waals surface area contributed by atoms with Gasteiger partial charge in [-0.2, -0.15) is 0 Å². The largest absolute Gasteiger partial charge is 0.493 e. The van der Waals surface area contributed by atoms with E-state index < -0.39 is 5.56 Å². The summed E-state index contributed by atoms with van der Waals surface area (Å²) in [6.45, 7) is 0.405. The van der Waals surface area contributed by atoms with Crippen LogP contribution >= 0.6 is 0 Å². The van der Waals surface area contributed by atoms with E-state index in [1.165, 1.54) is 6.42 Å². The highest BCUT2D eigenvalue weighted by atomic mass is 16.3. The number of nitrogens with zero attached hydrogens (tertiary/aromatic N) is 1. The van der Waals surface area contributed by atoms with Crippen molar-refractivity contribution in [2.75, 3.05) is 6.54 Å². The van der Waals surface area contributed by atoms with Crippen LogP contribution in [0.15, 0.2) is 23.0 Å². The molecule has 0 aromatic carbocycles. The molecule has 0 radical (unpaired) electrons. The minimum Gasteiger partial charge on any atom is -0.493 e. The molecule has 3 atom stereocenters. The van der Waals surface area contributed by atoms with Gasteiger partial charge in [0.25, 0.3) is 5.56 Å². The molecule has 3 rings (SSSR count). The lowest BCUT2D eigenvalue weighted by Crippen LogP contribution is -2.29. The molecule has 0 unspecified atom stereocenters. The molecule has 1 aromatic rings. The topological polar surface area (TPSA) is 95.1 Å². The van der Waals surface area contributed by atoms with Crippen LogP contribution < -0.4 is 10.9 Å². The van der Waals surface area contributed by atoms with Crippen LogP contribution in [0.3, 0.4) is 0 Å². The Balaban J connectivity index is 1.44. The highest BCUT2D eigenvalue weighted by Gasteiger charge is 2.36. The molecule has 6 heteroatoms. The summed E-state index contributed by atoms with van der Waals surface area (Å²) in [5, 5.41) is 12.1. The minimum absolute atomic E-state index is 0.0449. The quantitative estimate of drug-likeness (QED) is 0.697. The van der Waals surface area contributed by atoms with E-state index in [1.807, 2.05) is 0 Å². The molecule has 0 spiro atoms. The summed E-state index contributed by atoms with van der Waals surface area (Å²) in [6, 6.07) is 1.02. The molecular formula is C15H19N3O3. The van der Waals surface area contributed by atoms with Crippen molar-refractivity contribution >= 4 is 5.91 Å². The van der Waals surface area contributed by atoms with Gasteiger partial charge >= 0.3 is 0 Å². The lowest BCUT2D eigenvalue weighted by Gasteiger charge is -2.17. The first kappa shape index (κ1) is 13.9. The Kier molecular flexibility index (Phi) is 3.77. The number of aromatic amines is 1. The first-order chi connectivity index (χ1) is 10.1. The fourth-order valence-electron chi connectivity index (χ4n) is 3.37. The molecule has 1 aromatic heterocycles. The molecule has 112 valence electrons. The Morgan fingerprint density at radius 2 is 2.29 bits per heavy atom. The number of fused-ring (bicyclic) bond motifs is 2. The molecule has 1 fully saturated rings. The maximum absolute atomic E-state index is 11.9. The van der Waals surface area contributed by atoms with Crippen LogP contribution in [-0.4, -0.2) is 27.5 Å². The lowest BCUT2D eigenvalue weighted by molar-refractivity contribution is -0.122. The summed E-state index contributed by atoms with van der Waals surface area (Å²) >= 11 is 0. The predicted octanol–water partition coefficient (Wildman–Crippen LogP) is 0.736. The molecule has 1 saturated carbocycles. The summed E-state index contributed by atoms with van der Waals surface area (Å²) in [5.74, 6) is 1.85. The van der Waals surface area contributed by atoms with E-state index in [0.717, 1.165) is 12.5 Å². The highest BCUT2D eigenvalue weighted by Crippen LogP contribution is 2.44. The Labute approximate surface area is 122 Å². The van der Waals surface area contributed by atoms with Crippen LogP contribution in [0.2, 0.25) is 0 Å². The second-order valence-electron chi connectivity index (χ2n) is 5.89. The zero-order chi connectivity index (χ0) is 14.8. The minimum atomic E-state index is -0.391. The van der Waals surface area contributed by atoms with Crippen LogP contribution in [-0.2, 0) is 11.2 Å². The number of carbonyl (C=O) groups is 1. The molecule has 0 saturated heterocycles. The molecule has 0 aliphatic heterocycles. The summed E-state index contributed by atoms with van der Waals surface area (Å²) in [6.07, 6.45) is 7.79. The number of hydrogen-bond acceptors (Lipinski definition) is 4. The van der Waals surface area contributed by atoms with Crippen LogP contribution in [0.4, 0.5) is 0 Å². The van der Waals surface area contributed by atoms with Crippen molar-refractivity contribution in [2.45, 2.75) is 25.7 Å². The molecule has 1 heterocycles. The van der Waals surface area contributed by atoms with Gasteiger partial charge < -0.3 is 15.4 Å². The number of rotatable bonds is 5. The molecule has 2 aliphatic carbocycles. The number of carbonyl (C=O) groups excluding carboxylic acids is 1. The molecule has 1 amide bonds. The van der Waals surface area contributed by atoms with E-state index in [9.17, 15) is 14.7 Å². The Morgan fingerprint density at radius 1 is 1.43 bits per heavy atom. The number of amides is 1. The van der Waals surface area contributed by atoms with Gasteiger partial charge in [0.05, 0.1) is 6.07 Å². The molecule has 3 N–H and O–H groups in total. The van der Waals surface area contributed by atoms with E-state index in [2.05, 4.69) is 27.4 Å². The third-order valence-electron chi connectivity index (χ3n) is 4.33. The monoisotopic (exact) mass is 289 g/mol. The number of H-pyrrole nitrogens is 1. The van der Waals surface area contributed by atoms with Crippen molar-refractivity contribution in [2.24, 2.45) is 17.8 Å². The van der Waals surface area contributed by atoms with Crippen molar-refractivity contribution in [1.82, 2.24) is 15.3 Å². The van der Waals surface area contributed by atoms with Crippen LogP contribution in [0.25, 0.3) is 0 Å². The Bertz CT molecular complexity index is 623. The summed E-state index contributed by atoms with van der Waals surface area (Å²) in [5.41, 5.74) is -0.391. The average Bonchev–Trinajstić information content (AvgIpc) is 2.99. The van der Waals surface area contributed by atoms with Crippen molar-refractivity contribution in [3.63, 3.8) is 0 Å². The normalized spacial score (nSPS) is 26.2. The third kappa shape index (κ3) is 3.32. The van der Waals surface area contributed by atoms with Gasteiger partial charge in [0.2, 0.25) is 11.8 Å². The average molecular weight is 289 g/mol. The first-order valence-corrected chi connectivity index (χ1v) is 7.34. The third-order valence-corrected chi connectivity index (χ3v) is 4.33. The standard InChI is InChI=1S/C15H19N3O3/c19-13(7-11-6-9-1-2-10(11)5-9)16-4-3-12-17-14(20)8-15(21)18-12/h1-2,8-11H,3-7H2,(H,16,19)(H2,17,18,20,21)/t9-,10+,11+/m1/s1. The van der Waals surface area contributed by atoms with Gasteiger partial charge in [-0.25, -0.2) is 4.98 Å². The maximum Gasteiger partial charge on any atom is 0.254 e. The molecular weight excluding hydrogens is 270 g/mol. The second kappa shape index (κ2) is 5.71. The Hall–Kier alpha value is -2.11. The maximum atomic E-state index is 11.9. The summed E-state index contributed by atoms with van der Waals surface area (Å²) in [7, 11) is 0. The number of hydrogen-bond donors (Lipinski definition) is 3. The van der Waals surface area contributed by atoms with Gasteiger partial charge in [0.1, 0.15) is 5.82 Å². The number of nitrogens with one attached hydrogen (secondary N) is 2. The van der Waals surface area contributed by atoms with Gasteiger partial charge in [0.15, 0.2) is 0 Å². The van der Waals surface area contributed by atoms with Crippen molar-refractivity contribution < 1.29 is 9.90 Å². The van der Waals surface area contributed by atoms with Gasteiger partial charge in [-0.3, -0.25) is 9.59 Å². The second-order valence-corrected chi connectivity index (χ2v) is 5.89. The van der Waals surface area contributed by atoms with Crippen molar-refractivity contribution in [1.29, 1.82) is 0 Å². The fraction of sp³-hybridized carbons (Fsp3) is 0.533. The number of aromatic hydroxyl groups is 1. The van der Waals surface area contributed by atoms with Gasteiger partial charge in [-0.05, 0) is 30.6 Å². The summed E-state index contributed by atoms with van der Waals surface area (Å²) < 4.78 is 0. The lowest BCUT2D eigenvalue weighted by atomic mass is 9.90. The van der Waals surface area contributed by atoms with Crippen molar-refractivity contribution in [3.8, 4) is 5.88 Å². The zero-order valence-electron chi connectivity index (χ0n) is 11.7. The number of allylic oxidation sites excluding steroid dienone is 2. The van der Waals surface area contributed by atoms with Crippen LogP contribution in [0, 0.1) is 17.8 Å². The van der Waals surface area contributed by atoms with Gasteiger partial charge in [-0.15, -0.1) is 0 Å². The SMILES string of the molecule is O=C(C[C@@H]1C[C@@H]2C=C[C@H]1C2)NCCc1nc(O)cc(=O)[nH]1. The molecule has 6 nitrogen and oxygen atoms in total. The molecule has 2 aliphatic rings. The summed E-state index contributed by atoms with van der Waals surface area (Å²) in [4.78, 5) is 29.4. The molecule has 21 heavy (non-hydrogen) atoms. The zero-order valence-corrected chi connectivity index (χ0v) is 11.7. The van der Waals surface area contributed by atoms with Crippen LogP contribution in [0.1, 0.15) is 25.1 Å². The van der Waals surface area contributed by atoms with Gasteiger partial charge in [-0.1, -0.05) is 12.2 Å². The van der Waals surface area contributed by atoms with E-state index in [-0.39, 0.29) is 11.8 Å². The number of aromatic nitrogens is 2. The van der Waals surface area contributed by atoms with E-state index >= 15 is 0 Å². The first-order valence-electron chi connectivity index (χ1n) is 7.34. The Morgan fingerprint density at radius 3 is 2.95 bits per heavy atom. The van der Waals surface area contributed by atoms with E-state index in [4.69, 9.17) is 0 Å². The molecule has 2 bridgehead atoms. The van der Waals surface area contributed by atoms with Crippen LogP contribution in [0.5, 0.6) is 5.88 Å². The van der Waals surface area contributed by atoms with E-state index in [1.54, 1.807) is 0 Å². The van der Waals surface area contributed by atoms with Gasteiger partial charge in [0, 0.05) is 19.4 Å². The van der Waals surface area contributed by atoms with Crippen molar-refractivity contribution in [3.05, 3.63) is 34.4 Å². The van der Waals surface area contributed by atoms with E-state index in [0.29, 0.717) is 43.0 Å². The predicted molar refractivity (Wildman–Crippen MR) is 76.7 cm³/mol. The highest BCUT2D eigenvalue weighted by molar-refractivity contribution is 5.76.